The predicted molar refractivity (Wildman–Crippen MR) is 153 cm³/mol. The first kappa shape index (κ1) is 29.2. The van der Waals surface area contributed by atoms with Gasteiger partial charge in [0, 0.05) is 31.2 Å². The van der Waals surface area contributed by atoms with Gasteiger partial charge in [-0.25, -0.2) is 8.42 Å². The van der Waals surface area contributed by atoms with Gasteiger partial charge in [0.05, 0.1) is 31.4 Å². The Bertz CT molecular complexity index is 1370. The molecule has 0 atom stereocenters. The van der Waals surface area contributed by atoms with Gasteiger partial charge in [-0.05, 0) is 61.7 Å². The second kappa shape index (κ2) is 13.1. The van der Waals surface area contributed by atoms with Crippen LogP contribution in [0.4, 0.5) is 5.69 Å². The summed E-state index contributed by atoms with van der Waals surface area (Å²) in [7, 11) is -1.26. The van der Waals surface area contributed by atoms with Crippen LogP contribution in [0.2, 0.25) is 0 Å². The fraction of sp³-hybridized carbons (Fsp3) is 0.367. The smallest absolute Gasteiger partial charge is 0.264 e. The molecule has 40 heavy (non-hydrogen) atoms. The maximum atomic E-state index is 13.9. The highest BCUT2D eigenvalue weighted by atomic mass is 32.2. The van der Waals surface area contributed by atoms with Gasteiger partial charge in [-0.15, -0.1) is 0 Å². The molecule has 0 aliphatic carbocycles. The third-order valence-corrected chi connectivity index (χ3v) is 8.90. The molecular weight excluding hydrogens is 532 g/mol. The normalized spacial score (nSPS) is 14.7. The first-order valence-corrected chi connectivity index (χ1v) is 14.6. The van der Waals surface area contributed by atoms with Crippen molar-refractivity contribution in [1.29, 1.82) is 0 Å². The molecule has 1 saturated heterocycles. The molecule has 3 aromatic carbocycles. The molecule has 1 heterocycles. The zero-order valence-electron chi connectivity index (χ0n) is 23.1. The summed E-state index contributed by atoms with van der Waals surface area (Å²) >= 11 is 0. The van der Waals surface area contributed by atoms with Gasteiger partial charge in [0.15, 0.2) is 11.5 Å². The summed E-state index contributed by atoms with van der Waals surface area (Å²) < 4.78 is 50.7. The number of anilines is 1. The molecule has 0 aromatic heterocycles. The summed E-state index contributed by atoms with van der Waals surface area (Å²) in [4.78, 5) is 13.4. The lowest BCUT2D eigenvalue weighted by Gasteiger charge is -2.38. The topological polar surface area (TPSA) is 103 Å². The molecule has 1 N–H and O–H groups in total. The lowest BCUT2D eigenvalue weighted by molar-refractivity contribution is -0.120. The number of sulfonamides is 1. The predicted octanol–water partition coefficient (Wildman–Crippen LogP) is 4.16. The number of methoxy groups -OCH3 is 2. The number of benzene rings is 3. The lowest BCUT2D eigenvalue weighted by Crippen LogP contribution is -2.48. The van der Waals surface area contributed by atoms with E-state index in [1.807, 2.05) is 25.1 Å². The number of rotatable bonds is 12. The third-order valence-electron chi connectivity index (χ3n) is 7.13. The summed E-state index contributed by atoms with van der Waals surface area (Å²) in [6.45, 7) is 3.49. The standard InChI is InChI=1S/C30H36N2O7S/c1-4-39-25-12-10-24(11-13-25)32(40(34,35)26-14-15-27(36-2)28(20-26)37-3)21-29(33)31-22-30(16-18-38-19-17-30)23-8-6-5-7-9-23/h5-15,20H,4,16-19,21-22H2,1-3H3,(H,31,33). The number of nitrogens with zero attached hydrogens (tertiary/aromatic N) is 1. The van der Waals surface area contributed by atoms with Crippen molar-refractivity contribution in [3.8, 4) is 17.2 Å². The fourth-order valence-electron chi connectivity index (χ4n) is 4.87. The van der Waals surface area contributed by atoms with Crippen LogP contribution in [-0.2, 0) is 25.0 Å². The number of amides is 1. The highest BCUT2D eigenvalue weighted by molar-refractivity contribution is 7.92. The van der Waals surface area contributed by atoms with Crippen LogP contribution in [-0.4, -0.2) is 61.5 Å². The minimum absolute atomic E-state index is 0.0305. The van der Waals surface area contributed by atoms with Gasteiger partial charge in [0.1, 0.15) is 12.3 Å². The van der Waals surface area contributed by atoms with Crippen molar-refractivity contribution in [2.75, 3.05) is 51.4 Å². The van der Waals surface area contributed by atoms with Crippen molar-refractivity contribution in [3.05, 3.63) is 78.4 Å². The van der Waals surface area contributed by atoms with E-state index in [9.17, 15) is 13.2 Å². The van der Waals surface area contributed by atoms with Crippen LogP contribution in [0.3, 0.4) is 0 Å². The molecule has 1 fully saturated rings. The van der Waals surface area contributed by atoms with Crippen molar-refractivity contribution in [3.63, 3.8) is 0 Å². The van der Waals surface area contributed by atoms with Crippen molar-refractivity contribution < 1.29 is 32.2 Å². The zero-order chi connectivity index (χ0) is 28.6. The zero-order valence-corrected chi connectivity index (χ0v) is 23.9. The number of hydrogen-bond donors (Lipinski definition) is 1. The highest BCUT2D eigenvalue weighted by Crippen LogP contribution is 2.35. The molecule has 10 heteroatoms. The SMILES string of the molecule is CCOc1ccc(N(CC(=O)NCC2(c3ccccc3)CCOCC2)S(=O)(=O)c2ccc(OC)c(OC)c2)cc1. The average molecular weight is 569 g/mol. The number of hydrogen-bond acceptors (Lipinski definition) is 7. The molecule has 9 nitrogen and oxygen atoms in total. The van der Waals surface area contributed by atoms with E-state index in [1.54, 1.807) is 24.3 Å². The Balaban J connectivity index is 1.62. The van der Waals surface area contributed by atoms with E-state index < -0.39 is 22.5 Å². The summed E-state index contributed by atoms with van der Waals surface area (Å²) in [5, 5.41) is 3.02. The van der Waals surface area contributed by atoms with Crippen LogP contribution in [0, 0.1) is 0 Å². The Morgan fingerprint density at radius 1 is 0.950 bits per heavy atom. The Kier molecular flexibility index (Phi) is 9.54. The summed E-state index contributed by atoms with van der Waals surface area (Å²) in [5.41, 5.74) is 1.17. The van der Waals surface area contributed by atoms with Crippen LogP contribution in [0.15, 0.2) is 77.7 Å². The van der Waals surface area contributed by atoms with Gasteiger partial charge >= 0.3 is 0 Å². The van der Waals surface area contributed by atoms with Gasteiger partial charge in [-0.3, -0.25) is 9.10 Å². The van der Waals surface area contributed by atoms with Crippen LogP contribution >= 0.6 is 0 Å². The molecule has 1 aliphatic heterocycles. The van der Waals surface area contributed by atoms with Gasteiger partial charge in [-0.1, -0.05) is 30.3 Å². The Hall–Kier alpha value is -3.76. The second-order valence-electron chi connectivity index (χ2n) is 9.49. The average Bonchev–Trinajstić information content (AvgIpc) is 3.00. The monoisotopic (exact) mass is 568 g/mol. The van der Waals surface area contributed by atoms with Crippen LogP contribution in [0.1, 0.15) is 25.3 Å². The molecule has 0 spiro atoms. The Labute approximate surface area is 236 Å². The molecule has 1 amide bonds. The van der Waals surface area contributed by atoms with E-state index >= 15 is 0 Å². The van der Waals surface area contributed by atoms with Gasteiger partial charge < -0.3 is 24.3 Å². The first-order valence-electron chi connectivity index (χ1n) is 13.2. The fourth-order valence-corrected chi connectivity index (χ4v) is 6.31. The molecule has 0 saturated carbocycles. The molecule has 4 rings (SSSR count). The van der Waals surface area contributed by atoms with Crippen molar-refractivity contribution >= 4 is 21.6 Å². The van der Waals surface area contributed by atoms with E-state index in [4.69, 9.17) is 18.9 Å². The Morgan fingerprint density at radius 2 is 1.62 bits per heavy atom. The number of ether oxygens (including phenoxy) is 4. The minimum atomic E-state index is -4.17. The largest absolute Gasteiger partial charge is 0.494 e. The lowest BCUT2D eigenvalue weighted by atomic mass is 9.74. The third kappa shape index (κ3) is 6.51. The first-order chi connectivity index (χ1) is 19.3. The Morgan fingerprint density at radius 3 is 2.25 bits per heavy atom. The summed E-state index contributed by atoms with van der Waals surface area (Å²) in [5.74, 6) is 0.849. The van der Waals surface area contributed by atoms with Crippen LogP contribution < -0.4 is 23.8 Å². The van der Waals surface area contributed by atoms with E-state index in [0.717, 1.165) is 22.7 Å². The molecule has 0 bridgehead atoms. The quantitative estimate of drug-likeness (QED) is 0.350. The van der Waals surface area contributed by atoms with E-state index in [-0.39, 0.29) is 16.1 Å². The molecule has 0 radical (unpaired) electrons. The molecular formula is C30H36N2O7S. The number of carbonyl (C=O) groups is 1. The maximum absolute atomic E-state index is 13.9. The summed E-state index contributed by atoms with van der Waals surface area (Å²) in [6, 6.07) is 21.0. The summed E-state index contributed by atoms with van der Waals surface area (Å²) in [6.07, 6.45) is 1.51. The van der Waals surface area contributed by atoms with Crippen molar-refractivity contribution in [1.82, 2.24) is 5.32 Å². The number of carbonyl (C=O) groups excluding carboxylic acids is 1. The van der Waals surface area contributed by atoms with Gasteiger partial charge in [0.25, 0.3) is 10.0 Å². The van der Waals surface area contributed by atoms with Crippen molar-refractivity contribution in [2.45, 2.75) is 30.1 Å². The minimum Gasteiger partial charge on any atom is -0.494 e. The van der Waals surface area contributed by atoms with Gasteiger partial charge in [0.2, 0.25) is 5.91 Å². The van der Waals surface area contributed by atoms with Crippen LogP contribution in [0.5, 0.6) is 17.2 Å². The van der Waals surface area contributed by atoms with Gasteiger partial charge in [-0.2, -0.15) is 0 Å². The highest BCUT2D eigenvalue weighted by Gasteiger charge is 2.35. The maximum Gasteiger partial charge on any atom is 0.264 e. The van der Waals surface area contributed by atoms with Crippen LogP contribution in [0.25, 0.3) is 0 Å². The molecule has 1 aliphatic rings. The van der Waals surface area contributed by atoms with E-state index in [1.165, 1.54) is 32.4 Å². The molecule has 0 unspecified atom stereocenters. The van der Waals surface area contributed by atoms with Crippen molar-refractivity contribution in [2.24, 2.45) is 0 Å². The van der Waals surface area contributed by atoms with E-state index in [2.05, 4.69) is 17.4 Å². The molecule has 214 valence electrons. The second-order valence-corrected chi connectivity index (χ2v) is 11.4. The van der Waals surface area contributed by atoms with E-state index in [0.29, 0.717) is 43.6 Å². The molecule has 3 aromatic rings. The number of nitrogens with one attached hydrogen (secondary N) is 1.